The molecule has 0 saturated carbocycles. The van der Waals surface area contributed by atoms with Crippen molar-refractivity contribution in [3.8, 4) is 6.07 Å². The van der Waals surface area contributed by atoms with Crippen LogP contribution in [0.1, 0.15) is 41.3 Å². The Hall–Kier alpha value is -2.60. The standard InChI is InChI=1S/C17H16N2O/c1-12(2)14-6-4-8-16(10-14)19-17(20)15-7-3-5-13(9-15)11-18/h3-10,12H,1-2H3,(H,19,20). The molecule has 2 aromatic rings. The molecule has 3 nitrogen and oxygen atoms in total. The van der Waals surface area contributed by atoms with Crippen LogP contribution in [0.2, 0.25) is 0 Å². The Kier molecular flexibility index (Phi) is 4.17. The zero-order chi connectivity index (χ0) is 14.5. The van der Waals surface area contributed by atoms with Crippen molar-refractivity contribution in [3.63, 3.8) is 0 Å². The molecule has 1 amide bonds. The topological polar surface area (TPSA) is 52.9 Å². The molecule has 0 radical (unpaired) electrons. The summed E-state index contributed by atoms with van der Waals surface area (Å²) in [6, 6.07) is 16.5. The van der Waals surface area contributed by atoms with Gasteiger partial charge in [-0.3, -0.25) is 4.79 Å². The van der Waals surface area contributed by atoms with Gasteiger partial charge in [-0.1, -0.05) is 32.0 Å². The molecule has 2 aromatic carbocycles. The van der Waals surface area contributed by atoms with Gasteiger partial charge in [0.05, 0.1) is 11.6 Å². The van der Waals surface area contributed by atoms with E-state index in [1.165, 1.54) is 5.56 Å². The number of carbonyl (C=O) groups is 1. The van der Waals surface area contributed by atoms with Crippen LogP contribution in [-0.2, 0) is 0 Å². The quantitative estimate of drug-likeness (QED) is 0.913. The maximum Gasteiger partial charge on any atom is 0.255 e. The summed E-state index contributed by atoms with van der Waals surface area (Å²) in [5.74, 6) is 0.205. The summed E-state index contributed by atoms with van der Waals surface area (Å²) in [5, 5.41) is 11.7. The van der Waals surface area contributed by atoms with Crippen LogP contribution in [0.5, 0.6) is 0 Å². The molecule has 1 N–H and O–H groups in total. The first kappa shape index (κ1) is 13.8. The van der Waals surface area contributed by atoms with Gasteiger partial charge >= 0.3 is 0 Å². The predicted octanol–water partition coefficient (Wildman–Crippen LogP) is 3.93. The molecule has 0 aliphatic heterocycles. The lowest BCUT2D eigenvalue weighted by atomic mass is 10.0. The molecular formula is C17H16N2O. The Labute approximate surface area is 118 Å². The van der Waals surface area contributed by atoms with E-state index in [2.05, 4.69) is 19.2 Å². The van der Waals surface area contributed by atoms with Gasteiger partial charge in [0.25, 0.3) is 5.91 Å². The van der Waals surface area contributed by atoms with Crippen LogP contribution < -0.4 is 5.32 Å². The van der Waals surface area contributed by atoms with Crippen molar-refractivity contribution in [2.45, 2.75) is 19.8 Å². The zero-order valence-electron chi connectivity index (χ0n) is 11.6. The zero-order valence-corrected chi connectivity index (χ0v) is 11.6. The third-order valence-corrected chi connectivity index (χ3v) is 3.07. The Morgan fingerprint density at radius 2 is 1.90 bits per heavy atom. The van der Waals surface area contributed by atoms with Crippen LogP contribution >= 0.6 is 0 Å². The molecule has 0 heterocycles. The Bertz CT molecular complexity index is 669. The third-order valence-electron chi connectivity index (χ3n) is 3.07. The SMILES string of the molecule is CC(C)c1cccc(NC(=O)c2cccc(C#N)c2)c1. The number of anilines is 1. The van der Waals surface area contributed by atoms with E-state index < -0.39 is 0 Å². The maximum atomic E-state index is 12.1. The molecule has 0 atom stereocenters. The smallest absolute Gasteiger partial charge is 0.255 e. The fourth-order valence-corrected chi connectivity index (χ4v) is 1.91. The fraction of sp³-hybridized carbons (Fsp3) is 0.176. The highest BCUT2D eigenvalue weighted by molar-refractivity contribution is 6.04. The minimum absolute atomic E-state index is 0.206. The van der Waals surface area contributed by atoms with Gasteiger partial charge in [-0.2, -0.15) is 5.26 Å². The minimum atomic E-state index is -0.206. The number of nitriles is 1. The van der Waals surface area contributed by atoms with Gasteiger partial charge in [-0.05, 0) is 41.8 Å². The molecule has 0 saturated heterocycles. The minimum Gasteiger partial charge on any atom is -0.322 e. The molecular weight excluding hydrogens is 248 g/mol. The van der Waals surface area contributed by atoms with Crippen LogP contribution in [0.3, 0.4) is 0 Å². The Morgan fingerprint density at radius 3 is 2.60 bits per heavy atom. The highest BCUT2D eigenvalue weighted by Crippen LogP contribution is 2.19. The largest absolute Gasteiger partial charge is 0.322 e. The first-order valence-electron chi connectivity index (χ1n) is 6.51. The number of carbonyl (C=O) groups excluding carboxylic acids is 1. The van der Waals surface area contributed by atoms with E-state index in [4.69, 9.17) is 5.26 Å². The van der Waals surface area contributed by atoms with E-state index in [9.17, 15) is 4.79 Å². The predicted molar refractivity (Wildman–Crippen MR) is 79.6 cm³/mol. The molecule has 0 unspecified atom stereocenters. The van der Waals surface area contributed by atoms with Gasteiger partial charge in [0.15, 0.2) is 0 Å². The highest BCUT2D eigenvalue weighted by atomic mass is 16.1. The molecule has 0 spiro atoms. The number of rotatable bonds is 3. The molecule has 0 bridgehead atoms. The van der Waals surface area contributed by atoms with Crippen molar-refractivity contribution in [1.29, 1.82) is 5.26 Å². The molecule has 0 aliphatic carbocycles. The van der Waals surface area contributed by atoms with Crippen LogP contribution in [0, 0.1) is 11.3 Å². The van der Waals surface area contributed by atoms with E-state index in [1.54, 1.807) is 24.3 Å². The number of benzene rings is 2. The number of hydrogen-bond acceptors (Lipinski definition) is 2. The van der Waals surface area contributed by atoms with E-state index in [-0.39, 0.29) is 5.91 Å². The van der Waals surface area contributed by atoms with Gasteiger partial charge < -0.3 is 5.32 Å². The summed E-state index contributed by atoms with van der Waals surface area (Å²) in [6.45, 7) is 4.22. The summed E-state index contributed by atoms with van der Waals surface area (Å²) in [7, 11) is 0. The molecule has 0 aromatic heterocycles. The summed E-state index contributed by atoms with van der Waals surface area (Å²) < 4.78 is 0. The molecule has 20 heavy (non-hydrogen) atoms. The lowest BCUT2D eigenvalue weighted by molar-refractivity contribution is 0.102. The Balaban J connectivity index is 2.19. The lowest BCUT2D eigenvalue weighted by Crippen LogP contribution is -2.12. The summed E-state index contributed by atoms with van der Waals surface area (Å²) in [6.07, 6.45) is 0. The van der Waals surface area contributed by atoms with Crippen molar-refractivity contribution in [2.24, 2.45) is 0 Å². The summed E-state index contributed by atoms with van der Waals surface area (Å²) in [4.78, 5) is 12.1. The fourth-order valence-electron chi connectivity index (χ4n) is 1.91. The van der Waals surface area contributed by atoms with Crippen molar-refractivity contribution in [2.75, 3.05) is 5.32 Å². The normalized spacial score (nSPS) is 10.1. The second-order valence-corrected chi connectivity index (χ2v) is 4.93. The van der Waals surface area contributed by atoms with Gasteiger partial charge in [0.1, 0.15) is 0 Å². The van der Waals surface area contributed by atoms with E-state index in [0.717, 1.165) is 5.69 Å². The second kappa shape index (κ2) is 6.03. The number of hydrogen-bond donors (Lipinski definition) is 1. The number of nitrogens with zero attached hydrogens (tertiary/aromatic N) is 1. The molecule has 0 fully saturated rings. The third kappa shape index (κ3) is 3.24. The first-order valence-corrected chi connectivity index (χ1v) is 6.51. The average Bonchev–Trinajstić information content (AvgIpc) is 2.47. The van der Waals surface area contributed by atoms with Crippen LogP contribution in [0.25, 0.3) is 0 Å². The number of amides is 1. The van der Waals surface area contributed by atoms with E-state index >= 15 is 0 Å². The number of nitrogens with one attached hydrogen (secondary N) is 1. The van der Waals surface area contributed by atoms with Crippen LogP contribution in [-0.4, -0.2) is 5.91 Å². The van der Waals surface area contributed by atoms with E-state index in [0.29, 0.717) is 17.0 Å². The van der Waals surface area contributed by atoms with Gasteiger partial charge in [-0.25, -0.2) is 0 Å². The molecule has 3 heteroatoms. The maximum absolute atomic E-state index is 12.1. The monoisotopic (exact) mass is 264 g/mol. The summed E-state index contributed by atoms with van der Waals surface area (Å²) >= 11 is 0. The van der Waals surface area contributed by atoms with Crippen molar-refractivity contribution >= 4 is 11.6 Å². The van der Waals surface area contributed by atoms with Gasteiger partial charge in [0.2, 0.25) is 0 Å². The molecule has 100 valence electrons. The molecule has 0 aliphatic rings. The molecule has 2 rings (SSSR count). The van der Waals surface area contributed by atoms with Crippen LogP contribution in [0.4, 0.5) is 5.69 Å². The van der Waals surface area contributed by atoms with Gasteiger partial charge in [-0.15, -0.1) is 0 Å². The summed E-state index contributed by atoms with van der Waals surface area (Å²) in [5.41, 5.74) is 2.91. The van der Waals surface area contributed by atoms with Crippen molar-refractivity contribution < 1.29 is 4.79 Å². The average molecular weight is 264 g/mol. The second-order valence-electron chi connectivity index (χ2n) is 4.93. The van der Waals surface area contributed by atoms with Gasteiger partial charge in [0, 0.05) is 11.3 Å². The first-order chi connectivity index (χ1) is 9.60. The van der Waals surface area contributed by atoms with Crippen LogP contribution in [0.15, 0.2) is 48.5 Å². The highest BCUT2D eigenvalue weighted by Gasteiger charge is 2.07. The Morgan fingerprint density at radius 1 is 1.15 bits per heavy atom. The lowest BCUT2D eigenvalue weighted by Gasteiger charge is -2.09. The van der Waals surface area contributed by atoms with Crippen molar-refractivity contribution in [3.05, 3.63) is 65.2 Å². The van der Waals surface area contributed by atoms with Crippen molar-refractivity contribution in [1.82, 2.24) is 0 Å². The van der Waals surface area contributed by atoms with E-state index in [1.807, 2.05) is 30.3 Å².